The van der Waals surface area contributed by atoms with Gasteiger partial charge >= 0.3 is 5.97 Å². The van der Waals surface area contributed by atoms with E-state index in [1.165, 1.54) is 11.4 Å². The average Bonchev–Trinajstić information content (AvgIpc) is 2.46. The Hall–Kier alpha value is -1.62. The molecule has 0 saturated heterocycles. The van der Waals surface area contributed by atoms with E-state index in [-0.39, 0.29) is 16.7 Å². The fraction of sp³-hybridized carbons (Fsp3) is 0. The molecule has 2 rings (SSSR count). The van der Waals surface area contributed by atoms with Crippen LogP contribution in [0.1, 0.15) is 10.4 Å². The number of carboxylic acids is 1. The zero-order chi connectivity index (χ0) is 10.3. The predicted octanol–water partition coefficient (Wildman–Crippen LogP) is 2.44. The van der Waals surface area contributed by atoms with Crippen LogP contribution >= 0.6 is 11.3 Å². The number of benzene rings is 1. The van der Waals surface area contributed by atoms with Crippen LogP contribution in [0.25, 0.3) is 10.1 Å². The summed E-state index contributed by atoms with van der Waals surface area (Å²) in [5.41, 5.74) is -0.209. The highest BCUT2D eigenvalue weighted by atomic mass is 32.1. The minimum absolute atomic E-state index is 0.0558. The molecule has 0 amide bonds. The van der Waals surface area contributed by atoms with E-state index in [0.717, 1.165) is 17.4 Å². The lowest BCUT2D eigenvalue weighted by molar-refractivity contribution is 0.0698. The van der Waals surface area contributed by atoms with Crippen molar-refractivity contribution in [1.82, 2.24) is 0 Å². The Morgan fingerprint density at radius 2 is 2.14 bits per heavy atom. The van der Waals surface area contributed by atoms with Gasteiger partial charge < -0.3 is 10.2 Å². The molecule has 72 valence electrons. The van der Waals surface area contributed by atoms with E-state index in [0.29, 0.717) is 4.70 Å². The maximum Gasteiger partial charge on any atom is 0.336 e. The van der Waals surface area contributed by atoms with Crippen molar-refractivity contribution in [2.24, 2.45) is 0 Å². The minimum Gasteiger partial charge on any atom is -0.508 e. The lowest BCUT2D eigenvalue weighted by atomic mass is 10.1. The standard InChI is InChI=1S/C9H5FO3S/c10-6-3-14-7-2-4(11)1-5(8(6)7)9(12)13/h1-3,11H,(H,12,13). The van der Waals surface area contributed by atoms with Crippen LogP contribution < -0.4 is 0 Å². The van der Waals surface area contributed by atoms with Crippen LogP contribution in [-0.4, -0.2) is 16.2 Å². The van der Waals surface area contributed by atoms with Gasteiger partial charge in [-0.3, -0.25) is 0 Å². The van der Waals surface area contributed by atoms with Gasteiger partial charge in [-0.15, -0.1) is 11.3 Å². The average molecular weight is 212 g/mol. The molecule has 0 bridgehead atoms. The maximum atomic E-state index is 13.2. The van der Waals surface area contributed by atoms with E-state index >= 15 is 0 Å². The molecule has 0 saturated carbocycles. The summed E-state index contributed by atoms with van der Waals surface area (Å²) in [4.78, 5) is 10.7. The molecule has 0 aliphatic rings. The summed E-state index contributed by atoms with van der Waals surface area (Å²) in [6, 6.07) is 2.38. The Morgan fingerprint density at radius 3 is 2.79 bits per heavy atom. The number of carboxylic acid groups (broad SMARTS) is 1. The summed E-state index contributed by atoms with van der Waals surface area (Å²) in [6.07, 6.45) is 0. The molecule has 1 heterocycles. The number of carbonyl (C=O) groups is 1. The van der Waals surface area contributed by atoms with Gasteiger partial charge in [-0.25, -0.2) is 9.18 Å². The van der Waals surface area contributed by atoms with Crippen molar-refractivity contribution in [3.8, 4) is 5.75 Å². The van der Waals surface area contributed by atoms with Gasteiger partial charge in [0.1, 0.15) is 11.6 Å². The van der Waals surface area contributed by atoms with Crippen LogP contribution in [0.4, 0.5) is 4.39 Å². The molecule has 0 spiro atoms. The normalized spacial score (nSPS) is 10.6. The number of phenols is 1. The van der Waals surface area contributed by atoms with Gasteiger partial charge in [0, 0.05) is 15.5 Å². The van der Waals surface area contributed by atoms with E-state index in [2.05, 4.69) is 0 Å². The van der Waals surface area contributed by atoms with Crippen LogP contribution in [0.5, 0.6) is 5.75 Å². The summed E-state index contributed by atoms with van der Waals surface area (Å²) >= 11 is 1.06. The predicted molar refractivity (Wildman–Crippen MR) is 50.4 cm³/mol. The van der Waals surface area contributed by atoms with Crippen molar-refractivity contribution >= 4 is 27.4 Å². The Balaban J connectivity index is 2.90. The van der Waals surface area contributed by atoms with Crippen molar-refractivity contribution < 1.29 is 19.4 Å². The number of halogens is 1. The van der Waals surface area contributed by atoms with Gasteiger partial charge in [-0.2, -0.15) is 0 Å². The quantitative estimate of drug-likeness (QED) is 0.763. The van der Waals surface area contributed by atoms with Gasteiger partial charge in [0.15, 0.2) is 0 Å². The van der Waals surface area contributed by atoms with Crippen molar-refractivity contribution in [3.05, 3.63) is 28.9 Å². The number of hydrogen-bond acceptors (Lipinski definition) is 3. The molecule has 5 heteroatoms. The second kappa shape index (κ2) is 2.95. The molecule has 2 N–H and O–H groups in total. The largest absolute Gasteiger partial charge is 0.508 e. The molecule has 0 atom stereocenters. The number of fused-ring (bicyclic) bond motifs is 1. The molecule has 0 radical (unpaired) electrons. The van der Waals surface area contributed by atoms with Gasteiger partial charge in [0.2, 0.25) is 0 Å². The van der Waals surface area contributed by atoms with Gasteiger partial charge in [-0.1, -0.05) is 0 Å². The SMILES string of the molecule is O=C(O)c1cc(O)cc2scc(F)c12. The summed E-state index contributed by atoms with van der Waals surface area (Å²) in [5, 5.41) is 19.2. The molecule has 0 unspecified atom stereocenters. The number of phenolic OH excluding ortho intramolecular Hbond substituents is 1. The molecule has 3 nitrogen and oxygen atoms in total. The number of aromatic hydroxyl groups is 1. The first-order chi connectivity index (χ1) is 6.59. The first kappa shape index (κ1) is 8.96. The monoisotopic (exact) mass is 212 g/mol. The molecule has 0 aliphatic carbocycles. The van der Waals surface area contributed by atoms with Crippen LogP contribution in [0, 0.1) is 5.82 Å². The third-order valence-electron chi connectivity index (χ3n) is 1.85. The number of thiophene rings is 1. The van der Waals surface area contributed by atoms with E-state index in [9.17, 15) is 14.3 Å². The molecular weight excluding hydrogens is 207 g/mol. The van der Waals surface area contributed by atoms with Crippen LogP contribution in [0.3, 0.4) is 0 Å². The summed E-state index contributed by atoms with van der Waals surface area (Å²) < 4.78 is 13.6. The van der Waals surface area contributed by atoms with Gasteiger partial charge in [-0.05, 0) is 12.1 Å². The molecule has 0 aliphatic heterocycles. The van der Waals surface area contributed by atoms with Gasteiger partial charge in [0.05, 0.1) is 5.56 Å². The molecule has 1 aromatic carbocycles. The zero-order valence-electron chi connectivity index (χ0n) is 6.82. The maximum absolute atomic E-state index is 13.2. The van der Waals surface area contributed by atoms with Crippen molar-refractivity contribution in [2.75, 3.05) is 0 Å². The molecule has 1 aromatic heterocycles. The fourth-order valence-electron chi connectivity index (χ4n) is 1.28. The van der Waals surface area contributed by atoms with Crippen molar-refractivity contribution in [2.45, 2.75) is 0 Å². The molecule has 14 heavy (non-hydrogen) atoms. The lowest BCUT2D eigenvalue weighted by Gasteiger charge is -1.98. The van der Waals surface area contributed by atoms with E-state index in [4.69, 9.17) is 5.11 Å². The number of rotatable bonds is 1. The van der Waals surface area contributed by atoms with Crippen LogP contribution in [-0.2, 0) is 0 Å². The summed E-state index contributed by atoms with van der Waals surface area (Å²) in [7, 11) is 0. The second-order valence-electron chi connectivity index (χ2n) is 2.76. The summed E-state index contributed by atoms with van der Waals surface area (Å²) in [6.45, 7) is 0. The summed E-state index contributed by atoms with van der Waals surface area (Å²) in [5.74, 6) is -1.98. The Bertz CT molecular complexity index is 518. The topological polar surface area (TPSA) is 57.5 Å². The van der Waals surface area contributed by atoms with Crippen molar-refractivity contribution in [3.63, 3.8) is 0 Å². The molecule has 2 aromatic rings. The Kier molecular flexibility index (Phi) is 1.89. The lowest BCUT2D eigenvalue weighted by Crippen LogP contribution is -1.97. The number of aromatic carboxylic acids is 1. The van der Waals surface area contributed by atoms with Crippen LogP contribution in [0.15, 0.2) is 17.5 Å². The first-order valence-corrected chi connectivity index (χ1v) is 4.60. The minimum atomic E-state index is -1.25. The first-order valence-electron chi connectivity index (χ1n) is 3.72. The molecule has 0 fully saturated rings. The third-order valence-corrected chi connectivity index (χ3v) is 2.75. The van der Waals surface area contributed by atoms with Crippen molar-refractivity contribution in [1.29, 1.82) is 0 Å². The zero-order valence-corrected chi connectivity index (χ0v) is 7.64. The van der Waals surface area contributed by atoms with E-state index < -0.39 is 11.8 Å². The second-order valence-corrected chi connectivity index (χ2v) is 3.67. The Morgan fingerprint density at radius 1 is 1.43 bits per heavy atom. The highest BCUT2D eigenvalue weighted by molar-refractivity contribution is 7.17. The van der Waals surface area contributed by atoms with E-state index in [1.807, 2.05) is 0 Å². The van der Waals surface area contributed by atoms with Crippen LogP contribution in [0.2, 0.25) is 0 Å². The highest BCUT2D eigenvalue weighted by Gasteiger charge is 2.15. The fourth-order valence-corrected chi connectivity index (χ4v) is 2.15. The molecular formula is C9H5FO3S. The Labute approximate surface area is 82.0 Å². The van der Waals surface area contributed by atoms with Gasteiger partial charge in [0.25, 0.3) is 0 Å². The van der Waals surface area contributed by atoms with E-state index in [1.54, 1.807) is 0 Å². The third kappa shape index (κ3) is 1.22. The smallest absolute Gasteiger partial charge is 0.336 e. The highest BCUT2D eigenvalue weighted by Crippen LogP contribution is 2.31. The number of hydrogen-bond donors (Lipinski definition) is 2.